The molecule has 0 aliphatic rings. The smallest absolute Gasteiger partial charge is 0.324 e. The Hall–Kier alpha value is -0.320. The van der Waals surface area contributed by atoms with Crippen LogP contribution in [0.4, 0.5) is 0 Å². The number of ether oxygens (including phenoxy) is 2. The topological polar surface area (TPSA) is 55.8 Å². The summed E-state index contributed by atoms with van der Waals surface area (Å²) < 4.78 is 9.47. The number of rotatable bonds is 5. The Kier molecular flexibility index (Phi) is 5.19. The summed E-state index contributed by atoms with van der Waals surface area (Å²) in [7, 11) is 2.85. The predicted molar refractivity (Wildman–Crippen MR) is 39.9 cm³/mol. The van der Waals surface area contributed by atoms with Gasteiger partial charge in [-0.05, 0) is 0 Å². The fraction of sp³-hybridized carbons (Fsp3) is 0.833. The Bertz CT molecular complexity index is 128. The lowest BCUT2D eigenvalue weighted by atomic mass is 10.2. The summed E-state index contributed by atoms with van der Waals surface area (Å²) in [5, 5.41) is 7.39. The first kappa shape index (κ1) is 10.7. The molecule has 0 aromatic heterocycles. The molecule has 11 heavy (non-hydrogen) atoms. The molecule has 0 aliphatic carbocycles. The number of hydrogen-bond donors (Lipinski definition) is 1. The maximum atomic E-state index is 10.3. The first-order chi connectivity index (χ1) is 5.13. The molecule has 5 heteroatoms. The van der Waals surface area contributed by atoms with Crippen molar-refractivity contribution in [3.05, 3.63) is 0 Å². The Morgan fingerprint density at radius 3 is 2.45 bits per heavy atom. The van der Waals surface area contributed by atoms with Crippen LogP contribution in [0.3, 0.4) is 0 Å². The molecular formula is C6H11ClO4. The second kappa shape index (κ2) is 5.35. The van der Waals surface area contributed by atoms with Gasteiger partial charge in [0.05, 0.1) is 6.61 Å². The van der Waals surface area contributed by atoms with Gasteiger partial charge >= 0.3 is 5.97 Å². The fourth-order valence-electron chi connectivity index (χ4n) is 0.595. The number of methoxy groups -OCH3 is 2. The van der Waals surface area contributed by atoms with Crippen LogP contribution in [0.5, 0.6) is 0 Å². The number of carboxylic acid groups (broad SMARTS) is 1. The van der Waals surface area contributed by atoms with Gasteiger partial charge in [0.15, 0.2) is 5.38 Å². The van der Waals surface area contributed by atoms with Crippen molar-refractivity contribution >= 4 is 17.6 Å². The fourth-order valence-corrected chi connectivity index (χ4v) is 0.771. The molecule has 66 valence electrons. The molecular weight excluding hydrogens is 172 g/mol. The summed E-state index contributed by atoms with van der Waals surface area (Å²) in [5.74, 6) is -1.10. The minimum atomic E-state index is -1.10. The summed E-state index contributed by atoms with van der Waals surface area (Å²) in [6.07, 6.45) is -0.598. The predicted octanol–water partition coefficient (Wildman–Crippen LogP) is 0.340. The zero-order chi connectivity index (χ0) is 8.85. The van der Waals surface area contributed by atoms with Gasteiger partial charge in [-0.1, -0.05) is 0 Å². The quantitative estimate of drug-likeness (QED) is 0.623. The van der Waals surface area contributed by atoms with E-state index in [0.717, 1.165) is 0 Å². The summed E-state index contributed by atoms with van der Waals surface area (Å²) in [6, 6.07) is 0. The maximum absolute atomic E-state index is 10.3. The van der Waals surface area contributed by atoms with Gasteiger partial charge in [-0.25, -0.2) is 0 Å². The molecule has 0 spiro atoms. The molecule has 2 unspecified atom stereocenters. The molecule has 4 nitrogen and oxygen atoms in total. The van der Waals surface area contributed by atoms with Crippen molar-refractivity contribution in [1.29, 1.82) is 0 Å². The lowest BCUT2D eigenvalue weighted by molar-refractivity contribution is -0.140. The minimum Gasteiger partial charge on any atom is -0.480 e. The van der Waals surface area contributed by atoms with Gasteiger partial charge < -0.3 is 14.6 Å². The number of halogens is 1. The first-order valence-corrected chi connectivity index (χ1v) is 3.45. The van der Waals surface area contributed by atoms with E-state index in [-0.39, 0.29) is 6.61 Å². The Morgan fingerprint density at radius 1 is 1.64 bits per heavy atom. The average Bonchev–Trinajstić information content (AvgIpc) is 1.98. The first-order valence-electron chi connectivity index (χ1n) is 3.02. The molecule has 0 bridgehead atoms. The molecule has 0 saturated heterocycles. The zero-order valence-corrected chi connectivity index (χ0v) is 7.17. The van der Waals surface area contributed by atoms with Crippen molar-refractivity contribution in [2.75, 3.05) is 20.8 Å². The summed E-state index contributed by atoms with van der Waals surface area (Å²) in [6.45, 7) is 0.178. The second-order valence-corrected chi connectivity index (χ2v) is 2.44. The van der Waals surface area contributed by atoms with E-state index in [1.165, 1.54) is 14.2 Å². The van der Waals surface area contributed by atoms with Gasteiger partial charge in [0, 0.05) is 14.2 Å². The zero-order valence-electron chi connectivity index (χ0n) is 6.41. The van der Waals surface area contributed by atoms with Crippen molar-refractivity contribution in [3.63, 3.8) is 0 Å². The number of hydrogen-bond acceptors (Lipinski definition) is 3. The lowest BCUT2D eigenvalue weighted by Gasteiger charge is -2.15. The second-order valence-electron chi connectivity index (χ2n) is 1.97. The van der Waals surface area contributed by atoms with E-state index in [1.807, 2.05) is 0 Å². The van der Waals surface area contributed by atoms with Crippen molar-refractivity contribution in [2.45, 2.75) is 11.5 Å². The van der Waals surface area contributed by atoms with Crippen LogP contribution in [0.25, 0.3) is 0 Å². The van der Waals surface area contributed by atoms with Gasteiger partial charge in [0.1, 0.15) is 6.10 Å². The van der Waals surface area contributed by atoms with E-state index in [2.05, 4.69) is 0 Å². The molecule has 0 heterocycles. The Labute approximate surface area is 70.1 Å². The highest BCUT2D eigenvalue weighted by Crippen LogP contribution is 2.06. The molecule has 0 aromatic rings. The Morgan fingerprint density at radius 2 is 2.18 bits per heavy atom. The van der Waals surface area contributed by atoms with Crippen LogP contribution in [-0.2, 0) is 14.3 Å². The third kappa shape index (κ3) is 3.55. The van der Waals surface area contributed by atoms with Crippen LogP contribution < -0.4 is 0 Å². The van der Waals surface area contributed by atoms with Crippen molar-refractivity contribution < 1.29 is 19.4 Å². The molecule has 0 radical (unpaired) electrons. The van der Waals surface area contributed by atoms with E-state index in [9.17, 15) is 4.79 Å². The van der Waals surface area contributed by atoms with Crippen LogP contribution in [-0.4, -0.2) is 43.4 Å². The average molecular weight is 183 g/mol. The summed E-state index contributed by atoms with van der Waals surface area (Å²) >= 11 is 5.46. The largest absolute Gasteiger partial charge is 0.480 e. The maximum Gasteiger partial charge on any atom is 0.324 e. The third-order valence-electron chi connectivity index (χ3n) is 1.20. The van der Waals surface area contributed by atoms with Crippen LogP contribution in [0.15, 0.2) is 0 Å². The molecule has 0 fully saturated rings. The SMILES string of the molecule is COCC(OC)C(Cl)C(=O)O. The van der Waals surface area contributed by atoms with E-state index in [0.29, 0.717) is 0 Å². The lowest BCUT2D eigenvalue weighted by Crippen LogP contribution is -2.34. The normalized spacial score (nSPS) is 15.9. The highest BCUT2D eigenvalue weighted by atomic mass is 35.5. The van der Waals surface area contributed by atoms with Gasteiger partial charge in [-0.3, -0.25) is 4.79 Å². The molecule has 0 saturated carbocycles. The van der Waals surface area contributed by atoms with Crippen molar-refractivity contribution in [2.24, 2.45) is 0 Å². The molecule has 2 atom stereocenters. The van der Waals surface area contributed by atoms with Gasteiger partial charge in [0.25, 0.3) is 0 Å². The van der Waals surface area contributed by atoms with Crippen molar-refractivity contribution in [1.82, 2.24) is 0 Å². The highest BCUT2D eigenvalue weighted by molar-refractivity contribution is 6.30. The van der Waals surface area contributed by atoms with Crippen LogP contribution in [0.2, 0.25) is 0 Å². The molecule has 0 amide bonds. The molecule has 0 aliphatic heterocycles. The van der Waals surface area contributed by atoms with Gasteiger partial charge in [-0.2, -0.15) is 0 Å². The van der Waals surface area contributed by atoms with E-state index in [4.69, 9.17) is 26.2 Å². The third-order valence-corrected chi connectivity index (χ3v) is 1.66. The molecule has 0 aromatic carbocycles. The Balaban J connectivity index is 3.91. The van der Waals surface area contributed by atoms with E-state index < -0.39 is 17.5 Å². The summed E-state index contributed by atoms with van der Waals surface area (Å²) in [4.78, 5) is 10.3. The number of carboxylic acids is 1. The minimum absolute atomic E-state index is 0.178. The highest BCUT2D eigenvalue weighted by Gasteiger charge is 2.25. The summed E-state index contributed by atoms with van der Waals surface area (Å²) in [5.41, 5.74) is 0. The van der Waals surface area contributed by atoms with Crippen LogP contribution >= 0.6 is 11.6 Å². The standard InChI is InChI=1S/C6H11ClO4/c1-10-3-4(11-2)5(7)6(8)9/h4-5H,3H2,1-2H3,(H,8,9). The van der Waals surface area contributed by atoms with Crippen LogP contribution in [0, 0.1) is 0 Å². The monoisotopic (exact) mass is 182 g/mol. The molecule has 1 N–H and O–H groups in total. The number of carbonyl (C=O) groups is 1. The van der Waals surface area contributed by atoms with E-state index >= 15 is 0 Å². The molecule has 0 rings (SSSR count). The van der Waals surface area contributed by atoms with Crippen LogP contribution in [0.1, 0.15) is 0 Å². The van der Waals surface area contributed by atoms with Gasteiger partial charge in [-0.15, -0.1) is 11.6 Å². The van der Waals surface area contributed by atoms with Crippen molar-refractivity contribution in [3.8, 4) is 0 Å². The van der Waals surface area contributed by atoms with E-state index in [1.54, 1.807) is 0 Å². The van der Waals surface area contributed by atoms with Gasteiger partial charge in [0.2, 0.25) is 0 Å². The number of aliphatic carboxylic acids is 1. The number of alkyl halides is 1.